The number of rotatable bonds is 3. The monoisotopic (exact) mass is 227 g/mol. The van der Waals surface area contributed by atoms with E-state index in [2.05, 4.69) is 19.2 Å². The molecule has 0 radical (unpaired) electrons. The summed E-state index contributed by atoms with van der Waals surface area (Å²) in [5, 5.41) is 3.74. The highest BCUT2D eigenvalue weighted by molar-refractivity contribution is 4.82. The van der Waals surface area contributed by atoms with Crippen molar-refractivity contribution in [3.63, 3.8) is 0 Å². The number of hydrogen-bond acceptors (Lipinski definition) is 3. The van der Waals surface area contributed by atoms with Gasteiger partial charge in [-0.3, -0.25) is 0 Å². The summed E-state index contributed by atoms with van der Waals surface area (Å²) in [5.74, 6) is 0.632. The third kappa shape index (κ3) is 3.44. The van der Waals surface area contributed by atoms with E-state index in [9.17, 15) is 0 Å². The molecule has 3 heteroatoms. The molecule has 2 saturated heterocycles. The van der Waals surface area contributed by atoms with Crippen LogP contribution in [-0.2, 0) is 9.47 Å². The Bertz CT molecular complexity index is 202. The van der Waals surface area contributed by atoms with Crippen molar-refractivity contribution in [1.82, 2.24) is 5.32 Å². The first-order valence-corrected chi connectivity index (χ1v) is 6.71. The highest BCUT2D eigenvalue weighted by Gasteiger charge is 2.26. The van der Waals surface area contributed by atoms with E-state index in [1.807, 2.05) is 0 Å². The van der Waals surface area contributed by atoms with Gasteiger partial charge in [-0.25, -0.2) is 0 Å². The van der Waals surface area contributed by atoms with Crippen LogP contribution in [-0.4, -0.2) is 38.0 Å². The van der Waals surface area contributed by atoms with E-state index >= 15 is 0 Å². The van der Waals surface area contributed by atoms with Crippen LogP contribution in [0, 0.1) is 5.92 Å². The molecule has 0 aliphatic carbocycles. The molecule has 0 saturated carbocycles. The van der Waals surface area contributed by atoms with Crippen LogP contribution in [0.4, 0.5) is 0 Å². The summed E-state index contributed by atoms with van der Waals surface area (Å²) in [5.41, 5.74) is 0. The molecule has 3 atom stereocenters. The predicted octanol–water partition coefficient (Wildman–Crippen LogP) is 1.96. The van der Waals surface area contributed by atoms with E-state index in [1.165, 1.54) is 12.8 Å². The molecule has 2 heterocycles. The Morgan fingerprint density at radius 2 is 2.00 bits per heavy atom. The minimum absolute atomic E-state index is 0.441. The van der Waals surface area contributed by atoms with Crippen LogP contribution in [0.2, 0.25) is 0 Å². The van der Waals surface area contributed by atoms with Gasteiger partial charge in [-0.05, 0) is 31.6 Å². The van der Waals surface area contributed by atoms with Crippen LogP contribution in [0.1, 0.15) is 39.5 Å². The first-order valence-electron chi connectivity index (χ1n) is 6.71. The molecule has 2 aliphatic rings. The quantitative estimate of drug-likeness (QED) is 0.799. The second kappa shape index (κ2) is 5.99. The molecule has 0 spiro atoms. The van der Waals surface area contributed by atoms with Crippen molar-refractivity contribution in [2.24, 2.45) is 5.92 Å². The zero-order chi connectivity index (χ0) is 11.4. The largest absolute Gasteiger partial charge is 0.380 e. The fourth-order valence-corrected chi connectivity index (χ4v) is 2.65. The van der Waals surface area contributed by atoms with Crippen LogP contribution < -0.4 is 5.32 Å². The van der Waals surface area contributed by atoms with Crippen LogP contribution in [0.15, 0.2) is 0 Å². The summed E-state index contributed by atoms with van der Waals surface area (Å²) in [6.07, 6.45) is 5.22. The summed E-state index contributed by atoms with van der Waals surface area (Å²) >= 11 is 0. The minimum atomic E-state index is 0.441. The SMILES string of the molecule is CC(C)C1CC(NC2CCCOC2)CCO1. The van der Waals surface area contributed by atoms with Gasteiger partial charge in [0.15, 0.2) is 0 Å². The van der Waals surface area contributed by atoms with Crippen molar-refractivity contribution in [2.75, 3.05) is 19.8 Å². The van der Waals surface area contributed by atoms with Crippen molar-refractivity contribution in [3.8, 4) is 0 Å². The van der Waals surface area contributed by atoms with Gasteiger partial charge in [-0.2, -0.15) is 0 Å². The standard InChI is InChI=1S/C13H25NO2/c1-10(2)13-8-11(5-7-16-13)14-12-4-3-6-15-9-12/h10-14H,3-9H2,1-2H3. The van der Waals surface area contributed by atoms with E-state index in [1.54, 1.807) is 0 Å². The molecule has 2 rings (SSSR count). The van der Waals surface area contributed by atoms with Gasteiger partial charge >= 0.3 is 0 Å². The van der Waals surface area contributed by atoms with Gasteiger partial charge in [0.25, 0.3) is 0 Å². The maximum atomic E-state index is 5.79. The van der Waals surface area contributed by atoms with Crippen molar-refractivity contribution in [3.05, 3.63) is 0 Å². The molecule has 0 aromatic carbocycles. The van der Waals surface area contributed by atoms with Crippen molar-refractivity contribution in [2.45, 2.75) is 57.7 Å². The lowest BCUT2D eigenvalue weighted by Gasteiger charge is -2.35. The zero-order valence-corrected chi connectivity index (χ0v) is 10.6. The second-order valence-electron chi connectivity index (χ2n) is 5.46. The molecule has 0 bridgehead atoms. The summed E-state index contributed by atoms with van der Waals surface area (Å²) < 4.78 is 11.3. The molecule has 16 heavy (non-hydrogen) atoms. The molecule has 0 aromatic heterocycles. The maximum Gasteiger partial charge on any atom is 0.0619 e. The number of ether oxygens (including phenoxy) is 2. The lowest BCUT2D eigenvalue weighted by Crippen LogP contribution is -2.47. The third-order valence-corrected chi connectivity index (χ3v) is 3.69. The third-order valence-electron chi connectivity index (χ3n) is 3.69. The number of hydrogen-bond donors (Lipinski definition) is 1. The molecular formula is C13H25NO2. The molecular weight excluding hydrogens is 202 g/mol. The van der Waals surface area contributed by atoms with Gasteiger partial charge in [0.2, 0.25) is 0 Å². The summed E-state index contributed by atoms with van der Waals surface area (Å²) in [7, 11) is 0. The van der Waals surface area contributed by atoms with E-state index < -0.39 is 0 Å². The predicted molar refractivity (Wildman–Crippen MR) is 64.6 cm³/mol. The highest BCUT2D eigenvalue weighted by atomic mass is 16.5. The van der Waals surface area contributed by atoms with Crippen molar-refractivity contribution < 1.29 is 9.47 Å². The van der Waals surface area contributed by atoms with Crippen molar-refractivity contribution in [1.29, 1.82) is 0 Å². The highest BCUT2D eigenvalue weighted by Crippen LogP contribution is 2.21. The fraction of sp³-hybridized carbons (Fsp3) is 1.00. The van der Waals surface area contributed by atoms with Crippen molar-refractivity contribution >= 4 is 0 Å². The van der Waals surface area contributed by atoms with Gasteiger partial charge in [-0.15, -0.1) is 0 Å². The molecule has 0 amide bonds. The summed E-state index contributed by atoms with van der Waals surface area (Å²) in [6.45, 7) is 7.24. The van der Waals surface area contributed by atoms with Gasteiger partial charge < -0.3 is 14.8 Å². The Hall–Kier alpha value is -0.120. The summed E-state index contributed by atoms with van der Waals surface area (Å²) in [6, 6.07) is 1.21. The lowest BCUT2D eigenvalue weighted by molar-refractivity contribution is -0.0302. The Morgan fingerprint density at radius 1 is 1.12 bits per heavy atom. The van der Waals surface area contributed by atoms with E-state index in [0.29, 0.717) is 24.1 Å². The van der Waals surface area contributed by atoms with Crippen LogP contribution in [0.25, 0.3) is 0 Å². The van der Waals surface area contributed by atoms with Crippen LogP contribution in [0.3, 0.4) is 0 Å². The molecule has 2 aliphatic heterocycles. The molecule has 3 unspecified atom stereocenters. The zero-order valence-electron chi connectivity index (χ0n) is 10.6. The Morgan fingerprint density at radius 3 is 2.69 bits per heavy atom. The van der Waals surface area contributed by atoms with Crippen LogP contribution in [0.5, 0.6) is 0 Å². The van der Waals surface area contributed by atoms with Crippen LogP contribution >= 0.6 is 0 Å². The van der Waals surface area contributed by atoms with Gasteiger partial charge in [-0.1, -0.05) is 13.8 Å². The van der Waals surface area contributed by atoms with E-state index in [-0.39, 0.29) is 0 Å². The van der Waals surface area contributed by atoms with E-state index in [0.717, 1.165) is 32.7 Å². The van der Waals surface area contributed by atoms with E-state index in [4.69, 9.17) is 9.47 Å². The Balaban J connectivity index is 1.75. The minimum Gasteiger partial charge on any atom is -0.380 e. The molecule has 0 aromatic rings. The topological polar surface area (TPSA) is 30.5 Å². The number of nitrogens with one attached hydrogen (secondary N) is 1. The Labute approximate surface area is 98.9 Å². The molecule has 3 nitrogen and oxygen atoms in total. The lowest BCUT2D eigenvalue weighted by atomic mass is 9.94. The Kier molecular flexibility index (Phi) is 4.62. The normalized spacial score (nSPS) is 36.6. The van der Waals surface area contributed by atoms with Gasteiger partial charge in [0, 0.05) is 25.3 Å². The maximum absolute atomic E-state index is 5.79. The summed E-state index contributed by atoms with van der Waals surface area (Å²) in [4.78, 5) is 0. The molecule has 94 valence electrons. The van der Waals surface area contributed by atoms with Gasteiger partial charge in [0.1, 0.15) is 0 Å². The molecule has 2 fully saturated rings. The first kappa shape index (κ1) is 12.3. The smallest absolute Gasteiger partial charge is 0.0619 e. The first-order chi connectivity index (χ1) is 7.75. The average molecular weight is 227 g/mol. The van der Waals surface area contributed by atoms with Gasteiger partial charge in [0.05, 0.1) is 12.7 Å². The average Bonchev–Trinajstić information content (AvgIpc) is 2.30. The molecule has 1 N–H and O–H groups in total. The second-order valence-corrected chi connectivity index (χ2v) is 5.46. The fourth-order valence-electron chi connectivity index (χ4n) is 2.65.